The van der Waals surface area contributed by atoms with Gasteiger partial charge in [-0.05, 0) is 36.4 Å². The van der Waals surface area contributed by atoms with E-state index in [1.54, 1.807) is 36.2 Å². The third-order valence-corrected chi connectivity index (χ3v) is 5.27. The fourth-order valence-corrected chi connectivity index (χ4v) is 3.73. The summed E-state index contributed by atoms with van der Waals surface area (Å²) in [6.07, 6.45) is 0. The molecule has 27 heavy (non-hydrogen) atoms. The Morgan fingerprint density at radius 2 is 1.85 bits per heavy atom. The van der Waals surface area contributed by atoms with E-state index in [9.17, 15) is 14.0 Å². The maximum atomic E-state index is 13.2. The highest BCUT2D eigenvalue weighted by molar-refractivity contribution is 6.33. The van der Waals surface area contributed by atoms with E-state index in [1.807, 2.05) is 4.90 Å². The number of nitrogens with zero attached hydrogens (tertiary/aromatic N) is 3. The number of nitrogens with one attached hydrogen (secondary N) is 1. The van der Waals surface area contributed by atoms with Crippen molar-refractivity contribution in [1.82, 2.24) is 14.5 Å². The van der Waals surface area contributed by atoms with Crippen molar-refractivity contribution in [3.05, 3.63) is 63.3 Å². The van der Waals surface area contributed by atoms with Crippen molar-refractivity contribution in [2.24, 2.45) is 7.05 Å². The number of aromatic nitrogens is 2. The van der Waals surface area contributed by atoms with Crippen LogP contribution in [0.1, 0.15) is 10.4 Å². The molecule has 0 atom stereocenters. The monoisotopic (exact) mass is 388 g/mol. The van der Waals surface area contributed by atoms with E-state index < -0.39 is 0 Å². The van der Waals surface area contributed by atoms with Gasteiger partial charge in [0, 0.05) is 38.8 Å². The van der Waals surface area contributed by atoms with Crippen molar-refractivity contribution in [3.63, 3.8) is 0 Å². The molecule has 140 valence electrons. The lowest BCUT2D eigenvalue weighted by atomic mass is 10.1. The summed E-state index contributed by atoms with van der Waals surface area (Å²) in [5.74, 6) is -0.446. The average molecular weight is 389 g/mol. The lowest BCUT2D eigenvalue weighted by Crippen LogP contribution is -2.48. The number of aryl methyl sites for hydroxylation is 1. The molecular formula is C19H18ClFN4O2. The molecule has 0 unspecified atom stereocenters. The smallest absolute Gasteiger partial charge is 0.326 e. The van der Waals surface area contributed by atoms with Crippen LogP contribution >= 0.6 is 11.6 Å². The van der Waals surface area contributed by atoms with Crippen LogP contribution in [0.4, 0.5) is 10.1 Å². The van der Waals surface area contributed by atoms with Gasteiger partial charge in [-0.2, -0.15) is 0 Å². The molecule has 1 aliphatic heterocycles. The third kappa shape index (κ3) is 3.19. The summed E-state index contributed by atoms with van der Waals surface area (Å²) in [6, 6.07) is 9.56. The van der Waals surface area contributed by atoms with Crippen LogP contribution in [0, 0.1) is 5.82 Å². The minimum atomic E-state index is -0.369. The van der Waals surface area contributed by atoms with Gasteiger partial charge in [-0.1, -0.05) is 11.6 Å². The number of piperazine rings is 1. The molecule has 1 aromatic heterocycles. The highest BCUT2D eigenvalue weighted by Crippen LogP contribution is 2.27. The van der Waals surface area contributed by atoms with Crippen molar-refractivity contribution in [2.45, 2.75) is 0 Å². The third-order valence-electron chi connectivity index (χ3n) is 4.97. The van der Waals surface area contributed by atoms with Crippen LogP contribution in [0.3, 0.4) is 0 Å². The number of aromatic amines is 1. The standard InChI is InChI=1S/C19H18ClFN4O2/c1-23-17-4-2-12(10-15(17)22-19(23)27)18(26)25-8-6-24(7-9-25)16-5-3-13(21)11-14(16)20/h2-5,10-11H,6-9H2,1H3,(H,22,27). The lowest BCUT2D eigenvalue weighted by Gasteiger charge is -2.36. The van der Waals surface area contributed by atoms with E-state index in [0.717, 1.165) is 11.2 Å². The number of imidazole rings is 1. The number of carbonyl (C=O) groups excluding carboxylic acids is 1. The summed E-state index contributed by atoms with van der Waals surface area (Å²) in [7, 11) is 1.68. The summed E-state index contributed by atoms with van der Waals surface area (Å²) < 4.78 is 14.7. The lowest BCUT2D eigenvalue weighted by molar-refractivity contribution is 0.0747. The quantitative estimate of drug-likeness (QED) is 0.734. The summed E-state index contributed by atoms with van der Waals surface area (Å²) >= 11 is 6.13. The molecule has 4 rings (SSSR count). The molecule has 0 bridgehead atoms. The first-order valence-electron chi connectivity index (χ1n) is 8.62. The largest absolute Gasteiger partial charge is 0.367 e. The molecular weight excluding hydrogens is 371 g/mol. The van der Waals surface area contributed by atoms with Crippen LogP contribution in [0.2, 0.25) is 5.02 Å². The molecule has 6 nitrogen and oxygen atoms in total. The van der Waals surface area contributed by atoms with Crippen LogP contribution in [-0.2, 0) is 7.05 Å². The number of hydrogen-bond acceptors (Lipinski definition) is 3. The van der Waals surface area contributed by atoms with Crippen molar-refractivity contribution < 1.29 is 9.18 Å². The van der Waals surface area contributed by atoms with Gasteiger partial charge in [-0.25, -0.2) is 9.18 Å². The molecule has 2 heterocycles. The summed E-state index contributed by atoms with van der Waals surface area (Å²) in [4.78, 5) is 31.1. The van der Waals surface area contributed by atoms with Crippen LogP contribution < -0.4 is 10.6 Å². The zero-order valence-corrected chi connectivity index (χ0v) is 15.5. The van der Waals surface area contributed by atoms with Crippen LogP contribution in [0.5, 0.6) is 0 Å². The number of H-pyrrole nitrogens is 1. The van der Waals surface area contributed by atoms with E-state index in [0.29, 0.717) is 42.3 Å². The highest BCUT2D eigenvalue weighted by atomic mass is 35.5. The van der Waals surface area contributed by atoms with E-state index in [2.05, 4.69) is 4.98 Å². The number of hydrogen-bond donors (Lipinski definition) is 1. The van der Waals surface area contributed by atoms with Gasteiger partial charge in [-0.3, -0.25) is 9.36 Å². The molecule has 0 saturated carbocycles. The van der Waals surface area contributed by atoms with Gasteiger partial charge in [-0.15, -0.1) is 0 Å². The van der Waals surface area contributed by atoms with Crippen molar-refractivity contribution in [1.29, 1.82) is 0 Å². The van der Waals surface area contributed by atoms with Crippen molar-refractivity contribution in [3.8, 4) is 0 Å². The Hall–Kier alpha value is -2.80. The first-order valence-corrected chi connectivity index (χ1v) is 9.00. The molecule has 0 radical (unpaired) electrons. The van der Waals surface area contributed by atoms with Gasteiger partial charge < -0.3 is 14.8 Å². The highest BCUT2D eigenvalue weighted by Gasteiger charge is 2.24. The Kier molecular flexibility index (Phi) is 4.39. The summed E-state index contributed by atoms with van der Waals surface area (Å²) in [5, 5.41) is 0.369. The first kappa shape index (κ1) is 17.6. The fraction of sp³-hybridized carbons (Fsp3) is 0.263. The molecule has 0 spiro atoms. The zero-order chi connectivity index (χ0) is 19.1. The second-order valence-electron chi connectivity index (χ2n) is 6.60. The second-order valence-corrected chi connectivity index (χ2v) is 7.00. The van der Waals surface area contributed by atoms with Crippen LogP contribution in [-0.4, -0.2) is 46.5 Å². The molecule has 8 heteroatoms. The van der Waals surface area contributed by atoms with Gasteiger partial charge in [0.1, 0.15) is 5.82 Å². The van der Waals surface area contributed by atoms with Crippen molar-refractivity contribution >= 4 is 34.2 Å². The van der Waals surface area contributed by atoms with Gasteiger partial charge >= 0.3 is 5.69 Å². The number of benzene rings is 2. The van der Waals surface area contributed by atoms with Crippen LogP contribution in [0.25, 0.3) is 11.0 Å². The Labute approximate surface area is 159 Å². The predicted octanol–water partition coefficient (Wildman–Crippen LogP) is 2.62. The maximum absolute atomic E-state index is 13.2. The predicted molar refractivity (Wildman–Crippen MR) is 103 cm³/mol. The number of amides is 1. The summed E-state index contributed by atoms with van der Waals surface area (Å²) in [6.45, 7) is 2.30. The number of halogens is 2. The van der Waals surface area contributed by atoms with Gasteiger partial charge in [0.05, 0.1) is 21.7 Å². The first-order chi connectivity index (χ1) is 12.9. The minimum Gasteiger partial charge on any atom is -0.367 e. The number of anilines is 1. The van der Waals surface area contributed by atoms with E-state index in [1.165, 1.54) is 16.7 Å². The normalized spacial score (nSPS) is 14.8. The van der Waals surface area contributed by atoms with Gasteiger partial charge in [0.25, 0.3) is 5.91 Å². The molecule has 1 aliphatic rings. The SMILES string of the molecule is Cn1c(=O)[nH]c2cc(C(=O)N3CCN(c4ccc(F)cc4Cl)CC3)ccc21. The zero-order valence-electron chi connectivity index (χ0n) is 14.7. The second kappa shape index (κ2) is 6.74. The maximum Gasteiger partial charge on any atom is 0.326 e. The van der Waals surface area contributed by atoms with Gasteiger partial charge in [0.15, 0.2) is 0 Å². The number of carbonyl (C=O) groups is 1. The summed E-state index contributed by atoms with van der Waals surface area (Å²) in [5.41, 5.74) is 2.50. The van der Waals surface area contributed by atoms with E-state index in [4.69, 9.17) is 11.6 Å². The van der Waals surface area contributed by atoms with Crippen molar-refractivity contribution in [2.75, 3.05) is 31.1 Å². The molecule has 1 fully saturated rings. The molecule has 1 N–H and O–H groups in total. The topological polar surface area (TPSA) is 61.3 Å². The van der Waals surface area contributed by atoms with E-state index >= 15 is 0 Å². The Balaban J connectivity index is 1.49. The van der Waals surface area contributed by atoms with E-state index in [-0.39, 0.29) is 17.4 Å². The molecule has 1 amide bonds. The molecule has 0 aliphatic carbocycles. The number of rotatable bonds is 2. The number of fused-ring (bicyclic) bond motifs is 1. The molecule has 3 aromatic rings. The Morgan fingerprint density at radius 1 is 1.11 bits per heavy atom. The molecule has 2 aromatic carbocycles. The minimum absolute atomic E-state index is 0.0774. The van der Waals surface area contributed by atoms with Gasteiger partial charge in [0.2, 0.25) is 0 Å². The molecule has 1 saturated heterocycles. The van der Waals surface area contributed by atoms with Crippen LogP contribution in [0.15, 0.2) is 41.2 Å². The Bertz CT molecular complexity index is 1080. The Morgan fingerprint density at radius 3 is 2.56 bits per heavy atom. The average Bonchev–Trinajstić information content (AvgIpc) is 2.95. The fourth-order valence-electron chi connectivity index (χ4n) is 3.44.